The van der Waals surface area contributed by atoms with Crippen molar-refractivity contribution in [1.29, 1.82) is 0 Å². The number of halogens is 1. The Morgan fingerprint density at radius 2 is 2.06 bits per heavy atom. The predicted molar refractivity (Wildman–Crippen MR) is 67.6 cm³/mol. The molecule has 0 spiro atoms. The summed E-state index contributed by atoms with van der Waals surface area (Å²) in [4.78, 5) is 13.4. The van der Waals surface area contributed by atoms with Crippen LogP contribution in [0.4, 0.5) is 5.69 Å². The Labute approximate surface area is 104 Å². The molecule has 5 heteroatoms. The lowest BCUT2D eigenvalue weighted by Crippen LogP contribution is -2.33. The smallest absolute Gasteiger partial charge is 0.136 e. The number of rotatable bonds is 1. The summed E-state index contributed by atoms with van der Waals surface area (Å²) in [7, 11) is 0. The van der Waals surface area contributed by atoms with E-state index in [0.29, 0.717) is 23.6 Å². The van der Waals surface area contributed by atoms with E-state index in [4.69, 9.17) is 11.6 Å². The van der Waals surface area contributed by atoms with Crippen molar-refractivity contribution in [3.05, 3.63) is 23.4 Å². The van der Waals surface area contributed by atoms with Crippen LogP contribution in [0, 0.1) is 0 Å². The van der Waals surface area contributed by atoms with Crippen LogP contribution in [0.2, 0.25) is 5.02 Å². The standard InChI is InChI=1S/C12H12ClN3O/c13-8-5-11-10(7-14-15-11)12(6-8)16-3-1-9(17)2-4-16/h5-7H,1-4H2,(H,14,15). The molecule has 2 aromatic rings. The number of benzene rings is 1. The Hall–Kier alpha value is -1.55. The van der Waals surface area contributed by atoms with E-state index in [1.807, 2.05) is 12.1 Å². The van der Waals surface area contributed by atoms with Crippen LogP contribution in [0.5, 0.6) is 0 Å². The Bertz CT molecular complexity index is 568. The van der Waals surface area contributed by atoms with Gasteiger partial charge in [0.15, 0.2) is 0 Å². The van der Waals surface area contributed by atoms with Gasteiger partial charge in [0.1, 0.15) is 5.78 Å². The maximum atomic E-state index is 11.2. The third-order valence-electron chi connectivity index (χ3n) is 3.16. The molecular weight excluding hydrogens is 238 g/mol. The normalized spacial score (nSPS) is 16.8. The van der Waals surface area contributed by atoms with E-state index in [2.05, 4.69) is 15.1 Å². The SMILES string of the molecule is O=C1CCN(c2cc(Cl)cc3[nH]ncc23)CC1. The highest BCUT2D eigenvalue weighted by atomic mass is 35.5. The van der Waals surface area contributed by atoms with Crippen molar-refractivity contribution < 1.29 is 4.79 Å². The van der Waals surface area contributed by atoms with E-state index >= 15 is 0 Å². The molecule has 2 heterocycles. The number of Topliss-reactive ketones (excluding diaryl/α,β-unsaturated/α-hetero) is 1. The van der Waals surface area contributed by atoms with E-state index in [-0.39, 0.29) is 0 Å². The van der Waals surface area contributed by atoms with Gasteiger partial charge in [0, 0.05) is 42.0 Å². The fourth-order valence-electron chi connectivity index (χ4n) is 2.26. The van der Waals surface area contributed by atoms with Crippen LogP contribution in [0.25, 0.3) is 10.9 Å². The van der Waals surface area contributed by atoms with Gasteiger partial charge in [-0.3, -0.25) is 9.89 Å². The molecule has 0 unspecified atom stereocenters. The second-order valence-electron chi connectivity index (χ2n) is 4.28. The number of ketones is 1. The van der Waals surface area contributed by atoms with E-state index in [1.165, 1.54) is 0 Å². The zero-order valence-electron chi connectivity index (χ0n) is 9.24. The molecule has 0 saturated carbocycles. The first-order valence-corrected chi connectivity index (χ1v) is 6.01. The third kappa shape index (κ3) is 1.89. The lowest BCUT2D eigenvalue weighted by atomic mass is 10.1. The topological polar surface area (TPSA) is 49.0 Å². The van der Waals surface area contributed by atoms with Crippen molar-refractivity contribution in [2.75, 3.05) is 18.0 Å². The molecule has 4 nitrogen and oxygen atoms in total. The first-order chi connectivity index (χ1) is 8.24. The van der Waals surface area contributed by atoms with Gasteiger partial charge in [0.2, 0.25) is 0 Å². The molecule has 1 aliphatic heterocycles. The molecule has 0 atom stereocenters. The van der Waals surface area contributed by atoms with Crippen molar-refractivity contribution >= 4 is 34.0 Å². The number of carbonyl (C=O) groups excluding carboxylic acids is 1. The van der Waals surface area contributed by atoms with E-state index in [1.54, 1.807) is 6.20 Å². The van der Waals surface area contributed by atoms with Crippen LogP contribution in [0.3, 0.4) is 0 Å². The number of aromatic amines is 1. The quantitative estimate of drug-likeness (QED) is 0.844. The van der Waals surface area contributed by atoms with E-state index < -0.39 is 0 Å². The Morgan fingerprint density at radius 1 is 1.29 bits per heavy atom. The Morgan fingerprint density at radius 3 is 2.82 bits per heavy atom. The van der Waals surface area contributed by atoms with Crippen molar-refractivity contribution in [2.45, 2.75) is 12.8 Å². The summed E-state index contributed by atoms with van der Waals surface area (Å²) in [5, 5.41) is 8.70. The molecule has 1 aromatic carbocycles. The fraction of sp³-hybridized carbons (Fsp3) is 0.333. The first kappa shape index (κ1) is 10.6. The van der Waals surface area contributed by atoms with Gasteiger partial charge < -0.3 is 4.90 Å². The lowest BCUT2D eigenvalue weighted by molar-refractivity contribution is -0.119. The molecule has 1 aromatic heterocycles. The van der Waals surface area contributed by atoms with Gasteiger partial charge >= 0.3 is 0 Å². The van der Waals surface area contributed by atoms with Gasteiger partial charge in [-0.2, -0.15) is 5.10 Å². The van der Waals surface area contributed by atoms with Crippen molar-refractivity contribution in [1.82, 2.24) is 10.2 Å². The van der Waals surface area contributed by atoms with Gasteiger partial charge in [-0.1, -0.05) is 11.6 Å². The number of nitrogens with zero attached hydrogens (tertiary/aromatic N) is 2. The molecule has 1 fully saturated rings. The number of carbonyl (C=O) groups is 1. The van der Waals surface area contributed by atoms with Gasteiger partial charge in [-0.15, -0.1) is 0 Å². The number of hydrogen-bond acceptors (Lipinski definition) is 3. The van der Waals surface area contributed by atoms with Crippen LogP contribution >= 0.6 is 11.6 Å². The van der Waals surface area contributed by atoms with Crippen molar-refractivity contribution in [3.8, 4) is 0 Å². The second-order valence-corrected chi connectivity index (χ2v) is 4.72. The number of piperidine rings is 1. The van der Waals surface area contributed by atoms with Crippen molar-refractivity contribution in [3.63, 3.8) is 0 Å². The molecule has 17 heavy (non-hydrogen) atoms. The summed E-state index contributed by atoms with van der Waals surface area (Å²) in [5.41, 5.74) is 2.00. The number of fused-ring (bicyclic) bond motifs is 1. The van der Waals surface area contributed by atoms with Crippen LogP contribution in [0.1, 0.15) is 12.8 Å². The zero-order valence-corrected chi connectivity index (χ0v) is 10.00. The summed E-state index contributed by atoms with van der Waals surface area (Å²) in [6.45, 7) is 1.53. The summed E-state index contributed by atoms with van der Waals surface area (Å²) in [5.74, 6) is 0.340. The second kappa shape index (κ2) is 4.04. The van der Waals surface area contributed by atoms with Gasteiger partial charge in [-0.25, -0.2) is 0 Å². The maximum absolute atomic E-state index is 11.2. The highest BCUT2D eigenvalue weighted by Gasteiger charge is 2.19. The van der Waals surface area contributed by atoms with Crippen LogP contribution in [0.15, 0.2) is 18.3 Å². The fourth-order valence-corrected chi connectivity index (χ4v) is 2.47. The number of aromatic nitrogens is 2. The number of anilines is 1. The predicted octanol–water partition coefficient (Wildman–Crippen LogP) is 2.39. The Kier molecular flexibility index (Phi) is 2.52. The monoisotopic (exact) mass is 249 g/mol. The number of H-pyrrole nitrogens is 1. The molecule has 0 bridgehead atoms. The third-order valence-corrected chi connectivity index (χ3v) is 3.38. The lowest BCUT2D eigenvalue weighted by Gasteiger charge is -2.28. The first-order valence-electron chi connectivity index (χ1n) is 5.63. The highest BCUT2D eigenvalue weighted by Crippen LogP contribution is 2.30. The van der Waals surface area contributed by atoms with Gasteiger partial charge in [0.05, 0.1) is 11.7 Å². The Balaban J connectivity index is 2.04. The molecule has 0 radical (unpaired) electrons. The minimum atomic E-state index is 0.340. The highest BCUT2D eigenvalue weighted by molar-refractivity contribution is 6.31. The minimum Gasteiger partial charge on any atom is -0.370 e. The van der Waals surface area contributed by atoms with E-state index in [9.17, 15) is 4.79 Å². The zero-order chi connectivity index (χ0) is 11.8. The number of nitrogens with one attached hydrogen (secondary N) is 1. The molecule has 1 N–H and O–H groups in total. The summed E-state index contributed by atoms with van der Waals surface area (Å²) in [6, 6.07) is 3.80. The van der Waals surface area contributed by atoms with Crippen LogP contribution < -0.4 is 4.90 Å². The maximum Gasteiger partial charge on any atom is 0.136 e. The molecule has 1 aliphatic rings. The van der Waals surface area contributed by atoms with Crippen LogP contribution in [-0.2, 0) is 4.79 Å². The van der Waals surface area contributed by atoms with Gasteiger partial charge in [-0.05, 0) is 12.1 Å². The molecule has 0 amide bonds. The van der Waals surface area contributed by atoms with E-state index in [0.717, 1.165) is 29.7 Å². The molecule has 88 valence electrons. The van der Waals surface area contributed by atoms with Crippen LogP contribution in [-0.4, -0.2) is 29.1 Å². The largest absolute Gasteiger partial charge is 0.370 e. The average molecular weight is 250 g/mol. The summed E-state index contributed by atoms with van der Waals surface area (Å²) < 4.78 is 0. The molecule has 3 rings (SSSR count). The molecule has 0 aliphatic carbocycles. The van der Waals surface area contributed by atoms with Gasteiger partial charge in [0.25, 0.3) is 0 Å². The minimum absolute atomic E-state index is 0.340. The average Bonchev–Trinajstić information content (AvgIpc) is 2.77. The molecular formula is C12H12ClN3O. The molecule has 1 saturated heterocycles. The summed E-state index contributed by atoms with van der Waals surface area (Å²) >= 11 is 6.09. The summed E-state index contributed by atoms with van der Waals surface area (Å²) in [6.07, 6.45) is 3.04. The number of hydrogen-bond donors (Lipinski definition) is 1. The van der Waals surface area contributed by atoms with Crippen molar-refractivity contribution in [2.24, 2.45) is 0 Å².